The Bertz CT molecular complexity index is 1630. The van der Waals surface area contributed by atoms with E-state index in [1.54, 1.807) is 30.9 Å². The number of imidazole rings is 1. The molecule has 192 valence electrons. The fourth-order valence-corrected chi connectivity index (χ4v) is 4.71. The summed E-state index contributed by atoms with van der Waals surface area (Å²) in [4.78, 5) is 42.2. The van der Waals surface area contributed by atoms with Gasteiger partial charge in [0.25, 0.3) is 0 Å². The van der Waals surface area contributed by atoms with Gasteiger partial charge in [0.1, 0.15) is 22.9 Å². The number of benzene rings is 1. The Balaban J connectivity index is 1.43. The van der Waals surface area contributed by atoms with Crippen molar-refractivity contribution in [1.29, 1.82) is 0 Å². The number of aromatic amines is 1. The van der Waals surface area contributed by atoms with Crippen LogP contribution < -0.4 is 16.5 Å². The number of carbonyl (C=O) groups is 1. The minimum Gasteiger partial charge on any atom is -0.384 e. The molecule has 1 atom stereocenters. The number of amides is 1. The third kappa shape index (κ3) is 4.66. The predicted molar refractivity (Wildman–Crippen MR) is 148 cm³/mol. The molecule has 0 bridgehead atoms. The summed E-state index contributed by atoms with van der Waals surface area (Å²) < 4.78 is 1.83. The minimum atomic E-state index is -0.263. The van der Waals surface area contributed by atoms with Crippen molar-refractivity contribution < 1.29 is 4.79 Å². The van der Waals surface area contributed by atoms with Crippen LogP contribution >= 0.6 is 0 Å². The molecular weight excluding hydrogens is 478 g/mol. The van der Waals surface area contributed by atoms with E-state index in [1.165, 1.54) is 0 Å². The molecule has 5 rings (SSSR count). The van der Waals surface area contributed by atoms with Crippen molar-refractivity contribution in [2.24, 2.45) is 0 Å². The second kappa shape index (κ2) is 10.7. The number of anilines is 1. The lowest BCUT2D eigenvalue weighted by Gasteiger charge is -2.17. The van der Waals surface area contributed by atoms with E-state index in [0.29, 0.717) is 53.4 Å². The summed E-state index contributed by atoms with van der Waals surface area (Å²) in [5, 5.41) is 3.50. The summed E-state index contributed by atoms with van der Waals surface area (Å²) in [5.41, 5.74) is 10.6. The Hall–Kier alpha value is -4.79. The van der Waals surface area contributed by atoms with Crippen molar-refractivity contribution >= 4 is 22.8 Å². The molecule has 9 nitrogen and oxygen atoms in total. The third-order valence-corrected chi connectivity index (χ3v) is 6.75. The first-order chi connectivity index (χ1) is 18.5. The number of rotatable bonds is 8. The molecule has 0 saturated carbocycles. The molecule has 1 amide bonds. The van der Waals surface area contributed by atoms with Gasteiger partial charge in [-0.1, -0.05) is 31.2 Å². The van der Waals surface area contributed by atoms with Crippen molar-refractivity contribution in [2.75, 3.05) is 5.73 Å². The summed E-state index contributed by atoms with van der Waals surface area (Å²) in [5.74, 6) is 0.478. The molecule has 1 aromatic carbocycles. The SMILES string of the molecule is CCC(C(=O)NCc1ccncc1)c1ccc(-c2ccc3c(=O)c(-c4ncc[nH]4)c(N)n(CC)c3n2)cc1. The molecular formula is C29H29N7O2. The number of fused-ring (bicyclic) bond motifs is 1. The summed E-state index contributed by atoms with van der Waals surface area (Å²) in [6.07, 6.45) is 7.35. The lowest BCUT2D eigenvalue weighted by Crippen LogP contribution is -2.28. The molecule has 0 fully saturated rings. The summed E-state index contributed by atoms with van der Waals surface area (Å²) in [6.45, 7) is 4.96. The average Bonchev–Trinajstić information content (AvgIpc) is 3.48. The van der Waals surface area contributed by atoms with Gasteiger partial charge in [0, 0.05) is 43.4 Å². The third-order valence-electron chi connectivity index (χ3n) is 6.75. The van der Waals surface area contributed by atoms with Crippen molar-refractivity contribution in [1.82, 2.24) is 29.8 Å². The molecule has 5 aromatic rings. The van der Waals surface area contributed by atoms with Crippen molar-refractivity contribution in [3.05, 3.63) is 94.7 Å². The van der Waals surface area contributed by atoms with E-state index in [1.807, 2.05) is 60.9 Å². The van der Waals surface area contributed by atoms with E-state index in [4.69, 9.17) is 10.7 Å². The van der Waals surface area contributed by atoms with Gasteiger partial charge < -0.3 is 20.6 Å². The normalized spacial score (nSPS) is 11.9. The van der Waals surface area contributed by atoms with Crippen molar-refractivity contribution in [3.63, 3.8) is 0 Å². The largest absolute Gasteiger partial charge is 0.384 e. The van der Waals surface area contributed by atoms with E-state index in [0.717, 1.165) is 16.7 Å². The first kappa shape index (κ1) is 24.9. The molecule has 0 spiro atoms. The lowest BCUT2D eigenvalue weighted by molar-refractivity contribution is -0.122. The average molecular weight is 508 g/mol. The minimum absolute atomic E-state index is 0.0179. The molecule has 4 N–H and O–H groups in total. The van der Waals surface area contributed by atoms with Crippen LogP contribution in [0.2, 0.25) is 0 Å². The van der Waals surface area contributed by atoms with E-state index in [2.05, 4.69) is 20.3 Å². The van der Waals surface area contributed by atoms with E-state index >= 15 is 0 Å². The molecule has 0 radical (unpaired) electrons. The molecule has 0 aliphatic carbocycles. The fourth-order valence-electron chi connectivity index (χ4n) is 4.71. The van der Waals surface area contributed by atoms with E-state index in [9.17, 15) is 9.59 Å². The summed E-state index contributed by atoms with van der Waals surface area (Å²) in [7, 11) is 0. The van der Waals surface area contributed by atoms with Gasteiger partial charge in [0.2, 0.25) is 11.3 Å². The highest BCUT2D eigenvalue weighted by Gasteiger charge is 2.20. The van der Waals surface area contributed by atoms with Crippen molar-refractivity contribution in [3.8, 4) is 22.6 Å². The van der Waals surface area contributed by atoms with Gasteiger partial charge in [0.05, 0.1) is 17.0 Å². The zero-order chi connectivity index (χ0) is 26.6. The Morgan fingerprint density at radius 2 is 1.82 bits per heavy atom. The first-order valence-corrected chi connectivity index (χ1v) is 12.6. The van der Waals surface area contributed by atoms with Crippen LogP contribution in [-0.2, 0) is 17.9 Å². The van der Waals surface area contributed by atoms with Crippen molar-refractivity contribution in [2.45, 2.75) is 39.3 Å². The van der Waals surface area contributed by atoms with Crippen LogP contribution in [0.3, 0.4) is 0 Å². The molecule has 0 aliphatic rings. The molecule has 0 aliphatic heterocycles. The van der Waals surface area contributed by atoms with Gasteiger partial charge >= 0.3 is 0 Å². The number of nitrogens with one attached hydrogen (secondary N) is 2. The maximum absolute atomic E-state index is 13.3. The zero-order valence-corrected chi connectivity index (χ0v) is 21.3. The number of H-pyrrole nitrogens is 1. The Morgan fingerprint density at radius 1 is 1.05 bits per heavy atom. The van der Waals surface area contributed by atoms with E-state index < -0.39 is 0 Å². The molecule has 9 heteroatoms. The van der Waals surface area contributed by atoms with Crippen LogP contribution in [0.5, 0.6) is 0 Å². The zero-order valence-electron chi connectivity index (χ0n) is 21.3. The van der Waals surface area contributed by atoms with Gasteiger partial charge in [0.15, 0.2) is 0 Å². The number of carbonyl (C=O) groups excluding carboxylic acids is 1. The topological polar surface area (TPSA) is 132 Å². The summed E-state index contributed by atoms with van der Waals surface area (Å²) in [6, 6.07) is 15.2. The highest BCUT2D eigenvalue weighted by molar-refractivity contribution is 5.87. The number of aryl methyl sites for hydroxylation is 1. The Kier molecular flexibility index (Phi) is 6.99. The van der Waals surface area contributed by atoms with Crippen LogP contribution in [-0.4, -0.2) is 30.4 Å². The quantitative estimate of drug-likeness (QED) is 0.288. The summed E-state index contributed by atoms with van der Waals surface area (Å²) >= 11 is 0. The Labute approximate surface area is 219 Å². The Morgan fingerprint density at radius 3 is 2.47 bits per heavy atom. The highest BCUT2D eigenvalue weighted by Crippen LogP contribution is 2.28. The first-order valence-electron chi connectivity index (χ1n) is 12.6. The van der Waals surface area contributed by atoms with Crippen LogP contribution in [0, 0.1) is 0 Å². The second-order valence-electron chi connectivity index (χ2n) is 9.00. The van der Waals surface area contributed by atoms with Gasteiger partial charge in [-0.3, -0.25) is 14.6 Å². The number of hydrogen-bond acceptors (Lipinski definition) is 6. The number of nitrogens with two attached hydrogens (primary N) is 1. The smallest absolute Gasteiger partial charge is 0.227 e. The predicted octanol–water partition coefficient (Wildman–Crippen LogP) is 4.26. The monoisotopic (exact) mass is 507 g/mol. The van der Waals surface area contributed by atoms with Gasteiger partial charge in [-0.15, -0.1) is 0 Å². The van der Waals surface area contributed by atoms with Gasteiger partial charge in [-0.25, -0.2) is 9.97 Å². The van der Waals surface area contributed by atoms with Gasteiger partial charge in [-0.2, -0.15) is 0 Å². The maximum atomic E-state index is 13.3. The lowest BCUT2D eigenvalue weighted by atomic mass is 9.94. The van der Waals surface area contributed by atoms with Crippen LogP contribution in [0.1, 0.15) is 37.3 Å². The molecule has 4 aromatic heterocycles. The van der Waals surface area contributed by atoms with E-state index in [-0.39, 0.29) is 17.3 Å². The molecule has 0 saturated heterocycles. The number of aromatic nitrogens is 5. The molecule has 4 heterocycles. The van der Waals surface area contributed by atoms with Crippen LogP contribution in [0.25, 0.3) is 33.7 Å². The number of hydrogen-bond donors (Lipinski definition) is 3. The standard InChI is InChI=1S/C29H29N7O2/c1-3-21(29(38)34-17-18-11-13-31-14-12-18)19-5-7-20(8-6-19)23-10-9-22-25(37)24(27-32-15-16-33-27)26(30)36(4-2)28(22)35-23/h5-16,21H,3-4,17,30H2,1-2H3,(H,32,33)(H,34,38). The number of nitrogens with zero attached hydrogens (tertiary/aromatic N) is 4. The number of nitrogen functional groups attached to an aromatic ring is 1. The van der Waals surface area contributed by atoms with Crippen LogP contribution in [0.4, 0.5) is 5.82 Å². The highest BCUT2D eigenvalue weighted by atomic mass is 16.1. The number of pyridine rings is 3. The maximum Gasteiger partial charge on any atom is 0.227 e. The van der Waals surface area contributed by atoms with Crippen LogP contribution in [0.15, 0.2) is 78.1 Å². The molecule has 1 unspecified atom stereocenters. The second-order valence-corrected chi connectivity index (χ2v) is 9.00. The fraction of sp³-hybridized carbons (Fsp3) is 0.207. The molecule has 38 heavy (non-hydrogen) atoms. The van der Waals surface area contributed by atoms with Gasteiger partial charge in [-0.05, 0) is 48.7 Å².